The number of methoxy groups -OCH3 is 1. The molecule has 0 saturated heterocycles. The number of rotatable bonds is 6. The fraction of sp³-hybridized carbons (Fsp3) is 0.333. The van der Waals surface area contributed by atoms with Crippen molar-refractivity contribution in [3.8, 4) is 11.1 Å². The lowest BCUT2D eigenvalue weighted by Gasteiger charge is -2.19. The highest BCUT2D eigenvalue weighted by atomic mass is 16.6. The van der Waals surface area contributed by atoms with Crippen LogP contribution in [0.25, 0.3) is 11.1 Å². The molecule has 6 heteroatoms. The van der Waals surface area contributed by atoms with Gasteiger partial charge in [0.05, 0.1) is 18.2 Å². The summed E-state index contributed by atoms with van der Waals surface area (Å²) in [6.45, 7) is -0.590. The highest BCUT2D eigenvalue weighted by Gasteiger charge is 2.15. The molecule has 0 aliphatic carbocycles. The predicted molar refractivity (Wildman–Crippen MR) is 106 cm³/mol. The molecule has 2 N–H and O–H groups in total. The molecule has 144 valence electrons. The number of amides is 1. The fourth-order valence-corrected chi connectivity index (χ4v) is 2.21. The molecule has 0 unspecified atom stereocenters. The molecular weight excluding hydrogens is 344 g/mol. The first-order chi connectivity index (χ1) is 14.2. The number of hydrogen-bond acceptors (Lipinski definition) is 5. The third-order valence-corrected chi connectivity index (χ3v) is 3.31. The maximum atomic E-state index is 11.9. The smallest absolute Gasteiger partial charge is 0.407 e. The minimum Gasteiger partial charge on any atom is -0.465 e. The van der Waals surface area contributed by atoms with E-state index in [1.54, 1.807) is 69.3 Å². The molecule has 0 bridgehead atoms. The molecule has 0 radical (unpaired) electrons. The summed E-state index contributed by atoms with van der Waals surface area (Å²) in [6.07, 6.45) is -1.07. The Hall–Kier alpha value is -3.02. The average Bonchev–Trinajstić information content (AvgIpc) is 2.65. The Morgan fingerprint density at radius 2 is 1.70 bits per heavy atom. The van der Waals surface area contributed by atoms with Crippen molar-refractivity contribution in [2.75, 3.05) is 25.4 Å². The van der Waals surface area contributed by atoms with E-state index in [1.165, 1.54) is 7.11 Å². The maximum Gasteiger partial charge on any atom is 0.407 e. The van der Waals surface area contributed by atoms with Gasteiger partial charge in [-0.3, -0.25) is 0 Å². The van der Waals surface area contributed by atoms with E-state index in [0.717, 1.165) is 0 Å². The van der Waals surface area contributed by atoms with E-state index in [9.17, 15) is 9.59 Å². The van der Waals surface area contributed by atoms with Crippen LogP contribution in [0.2, 0.25) is 0 Å². The Balaban J connectivity index is 2.23. The van der Waals surface area contributed by atoms with Crippen molar-refractivity contribution in [3.05, 3.63) is 54.1 Å². The SMILES string of the molecule is [2H]C([2H])(NC(=O)OC(C)(C)C)C([2H])([2H])Nc1cccc(-c2cccc(C(=O)OC)c2)c1. The predicted octanol–water partition coefficient (Wildman–Crippen LogP) is 4.08. The molecule has 6 nitrogen and oxygen atoms in total. The van der Waals surface area contributed by atoms with Crippen LogP contribution in [0.5, 0.6) is 0 Å². The number of esters is 1. The number of hydrogen-bond donors (Lipinski definition) is 2. The normalized spacial score (nSPS) is 14.1. The second kappa shape index (κ2) is 9.07. The highest BCUT2D eigenvalue weighted by molar-refractivity contribution is 5.91. The molecule has 27 heavy (non-hydrogen) atoms. The van der Waals surface area contributed by atoms with Gasteiger partial charge in [0.15, 0.2) is 0 Å². The monoisotopic (exact) mass is 374 g/mol. The van der Waals surface area contributed by atoms with Crippen molar-refractivity contribution in [2.45, 2.75) is 26.4 Å². The molecule has 0 saturated carbocycles. The Morgan fingerprint density at radius 3 is 2.37 bits per heavy atom. The summed E-state index contributed by atoms with van der Waals surface area (Å²) < 4.78 is 42.0. The lowest BCUT2D eigenvalue weighted by molar-refractivity contribution is 0.0528. The molecule has 0 spiro atoms. The van der Waals surface area contributed by atoms with Crippen LogP contribution in [-0.2, 0) is 9.47 Å². The summed E-state index contributed by atoms with van der Waals surface area (Å²) in [5.74, 6) is -0.478. The van der Waals surface area contributed by atoms with Crippen molar-refractivity contribution >= 4 is 17.7 Å². The third kappa shape index (κ3) is 6.66. The molecular formula is C21H26N2O4. The second-order valence-electron chi connectivity index (χ2n) is 6.66. The summed E-state index contributed by atoms with van der Waals surface area (Å²) in [6, 6.07) is 13.3. The first kappa shape index (κ1) is 15.1. The van der Waals surface area contributed by atoms with Gasteiger partial charge in [-0.25, -0.2) is 9.59 Å². The number of nitrogens with one attached hydrogen (secondary N) is 2. The van der Waals surface area contributed by atoms with Gasteiger partial charge in [0, 0.05) is 18.7 Å². The van der Waals surface area contributed by atoms with Gasteiger partial charge in [-0.2, -0.15) is 0 Å². The van der Waals surface area contributed by atoms with Gasteiger partial charge in [0.2, 0.25) is 0 Å². The van der Waals surface area contributed by atoms with Crippen LogP contribution in [0.15, 0.2) is 48.5 Å². The molecule has 2 aromatic carbocycles. The molecule has 2 aromatic rings. The van der Waals surface area contributed by atoms with Crippen molar-refractivity contribution in [1.82, 2.24) is 5.32 Å². The lowest BCUT2D eigenvalue weighted by atomic mass is 10.0. The Labute approximate surface area is 165 Å². The zero-order chi connectivity index (χ0) is 23.4. The number of benzene rings is 2. The van der Waals surface area contributed by atoms with Crippen molar-refractivity contribution in [2.24, 2.45) is 0 Å². The van der Waals surface area contributed by atoms with E-state index in [0.29, 0.717) is 16.7 Å². The van der Waals surface area contributed by atoms with E-state index in [1.807, 2.05) is 5.32 Å². The lowest BCUT2D eigenvalue weighted by Crippen LogP contribution is -2.34. The standard InChI is InChI=1S/C21H26N2O4/c1-21(2,3)27-20(25)23-12-11-22-18-10-6-8-16(14-18)15-7-5-9-17(13-15)19(24)26-4/h5-10,13-14,22H,11-12H2,1-4H3,(H,23,25)/i11D2,12D2. The topological polar surface area (TPSA) is 76.7 Å². The minimum absolute atomic E-state index is 0.279. The van der Waals surface area contributed by atoms with Gasteiger partial charge < -0.3 is 20.1 Å². The van der Waals surface area contributed by atoms with Crippen LogP contribution in [0.3, 0.4) is 0 Å². The van der Waals surface area contributed by atoms with Crippen LogP contribution in [0.1, 0.15) is 36.6 Å². The van der Waals surface area contributed by atoms with Crippen molar-refractivity contribution in [3.63, 3.8) is 0 Å². The Morgan fingerprint density at radius 1 is 1.04 bits per heavy atom. The summed E-state index contributed by atoms with van der Waals surface area (Å²) in [4.78, 5) is 23.7. The largest absolute Gasteiger partial charge is 0.465 e. The number of carbonyl (C=O) groups is 2. The second-order valence-corrected chi connectivity index (χ2v) is 6.66. The summed E-state index contributed by atoms with van der Waals surface area (Å²) in [5, 5.41) is 4.41. The Kier molecular flexibility index (Phi) is 5.07. The van der Waals surface area contributed by atoms with E-state index in [4.69, 9.17) is 15.0 Å². The molecule has 2 rings (SSSR count). The molecule has 0 aliphatic heterocycles. The molecule has 0 fully saturated rings. The van der Waals surface area contributed by atoms with Crippen LogP contribution in [-0.4, -0.2) is 37.8 Å². The highest BCUT2D eigenvalue weighted by Crippen LogP contribution is 2.23. The van der Waals surface area contributed by atoms with Gasteiger partial charge in [-0.05, 0) is 56.2 Å². The summed E-state index contributed by atoms with van der Waals surface area (Å²) in [5.41, 5.74) is 1.16. The zero-order valence-corrected chi connectivity index (χ0v) is 15.8. The number of alkyl carbamates (subject to hydrolysis) is 1. The van der Waals surface area contributed by atoms with Crippen LogP contribution in [0.4, 0.5) is 10.5 Å². The molecule has 0 aromatic heterocycles. The van der Waals surface area contributed by atoms with Gasteiger partial charge in [-0.1, -0.05) is 24.3 Å². The molecule has 0 atom stereocenters. The van der Waals surface area contributed by atoms with Crippen molar-refractivity contribution < 1.29 is 24.5 Å². The third-order valence-electron chi connectivity index (χ3n) is 3.31. The fourth-order valence-electron chi connectivity index (χ4n) is 2.21. The minimum atomic E-state index is -2.78. The summed E-state index contributed by atoms with van der Waals surface area (Å²) in [7, 11) is 1.29. The van der Waals surface area contributed by atoms with Gasteiger partial charge >= 0.3 is 12.1 Å². The zero-order valence-electron chi connectivity index (χ0n) is 19.8. The van der Waals surface area contributed by atoms with Crippen molar-refractivity contribution in [1.29, 1.82) is 0 Å². The van der Waals surface area contributed by atoms with E-state index < -0.39 is 30.7 Å². The van der Waals surface area contributed by atoms with Gasteiger partial charge in [-0.15, -0.1) is 0 Å². The van der Waals surface area contributed by atoms with Crippen LogP contribution < -0.4 is 10.6 Å². The van der Waals surface area contributed by atoms with Gasteiger partial charge in [0.1, 0.15) is 5.60 Å². The maximum absolute atomic E-state index is 11.9. The van der Waals surface area contributed by atoms with Crippen LogP contribution >= 0.6 is 0 Å². The molecule has 1 amide bonds. The Bertz CT molecular complexity index is 958. The van der Waals surface area contributed by atoms with Crippen LogP contribution in [0, 0.1) is 0 Å². The first-order valence-electron chi connectivity index (χ1n) is 10.3. The van der Waals surface area contributed by atoms with Gasteiger partial charge in [0.25, 0.3) is 0 Å². The van der Waals surface area contributed by atoms with E-state index in [2.05, 4.69) is 5.32 Å². The number of ether oxygens (including phenoxy) is 2. The molecule has 0 aliphatic rings. The number of anilines is 1. The summed E-state index contributed by atoms with van der Waals surface area (Å²) >= 11 is 0. The molecule has 0 heterocycles. The van der Waals surface area contributed by atoms with E-state index >= 15 is 0 Å². The first-order valence-corrected chi connectivity index (χ1v) is 8.32. The van der Waals surface area contributed by atoms with E-state index in [-0.39, 0.29) is 5.69 Å². The average molecular weight is 374 g/mol. The number of carbonyl (C=O) groups excluding carboxylic acids is 2. The quantitative estimate of drug-likeness (QED) is 0.745.